The molecular formula is C14H21-. The molecule has 0 aromatic carbocycles. The van der Waals surface area contributed by atoms with Crippen LogP contribution in [-0.2, 0) is 0 Å². The Kier molecular flexibility index (Phi) is 1.07. The predicted molar refractivity (Wildman–Crippen MR) is 57.4 cm³/mol. The van der Waals surface area contributed by atoms with E-state index in [2.05, 4.69) is 27.7 Å². The van der Waals surface area contributed by atoms with Crippen molar-refractivity contribution in [3.05, 3.63) is 6.92 Å². The monoisotopic (exact) mass is 189 g/mol. The van der Waals surface area contributed by atoms with Crippen molar-refractivity contribution in [2.45, 2.75) is 33.6 Å². The van der Waals surface area contributed by atoms with Gasteiger partial charge in [-0.25, -0.2) is 0 Å². The largest absolute Gasteiger partial charge is 0.339 e. The number of hydrogen-bond donors (Lipinski definition) is 0. The van der Waals surface area contributed by atoms with E-state index in [1.54, 1.807) is 0 Å². The highest BCUT2D eigenvalue weighted by atomic mass is 15.0. The van der Waals surface area contributed by atoms with E-state index < -0.39 is 0 Å². The summed E-state index contributed by atoms with van der Waals surface area (Å²) in [4.78, 5) is 0. The topological polar surface area (TPSA) is 0 Å². The molecule has 0 heterocycles. The highest BCUT2D eigenvalue weighted by Gasteiger charge is 2.94. The molecule has 0 aromatic heterocycles. The second-order valence-corrected chi connectivity index (χ2v) is 6.81. The molecular weight excluding hydrogens is 168 g/mol. The van der Waals surface area contributed by atoms with Crippen molar-refractivity contribution in [2.24, 2.45) is 46.3 Å². The van der Waals surface area contributed by atoms with Gasteiger partial charge < -0.3 is 6.92 Å². The van der Waals surface area contributed by atoms with Crippen LogP contribution in [0, 0.1) is 53.3 Å². The van der Waals surface area contributed by atoms with Gasteiger partial charge in [-0.15, -0.1) is 0 Å². The molecule has 0 amide bonds. The van der Waals surface area contributed by atoms with E-state index in [1.807, 2.05) is 0 Å². The van der Waals surface area contributed by atoms with Gasteiger partial charge >= 0.3 is 0 Å². The van der Waals surface area contributed by atoms with Crippen molar-refractivity contribution in [3.63, 3.8) is 0 Å². The zero-order valence-electron chi connectivity index (χ0n) is 9.59. The number of fused-ring (bicyclic) bond motifs is 1. The SMILES string of the molecule is [CH2-]C1C23CCC2C2C(C(C)C)C(C)C213. The zero-order chi connectivity index (χ0) is 9.88. The van der Waals surface area contributed by atoms with E-state index in [9.17, 15) is 0 Å². The van der Waals surface area contributed by atoms with Crippen LogP contribution < -0.4 is 0 Å². The third-order valence-corrected chi connectivity index (χ3v) is 6.95. The van der Waals surface area contributed by atoms with E-state index in [-0.39, 0.29) is 0 Å². The molecule has 7 unspecified atom stereocenters. The molecule has 0 saturated heterocycles. The molecule has 4 fully saturated rings. The van der Waals surface area contributed by atoms with Gasteiger partial charge in [-0.05, 0) is 53.3 Å². The smallest absolute Gasteiger partial charge is 0.0305 e. The van der Waals surface area contributed by atoms with Gasteiger partial charge in [0.25, 0.3) is 0 Å². The fourth-order valence-electron chi connectivity index (χ4n) is 6.70. The van der Waals surface area contributed by atoms with E-state index in [4.69, 9.17) is 0 Å². The maximum Gasteiger partial charge on any atom is -0.0305 e. The zero-order valence-corrected chi connectivity index (χ0v) is 9.59. The summed E-state index contributed by atoms with van der Waals surface area (Å²) in [7, 11) is 0. The first-order valence-corrected chi connectivity index (χ1v) is 6.43. The second kappa shape index (κ2) is 1.83. The molecule has 0 N–H and O–H groups in total. The van der Waals surface area contributed by atoms with Gasteiger partial charge in [0.2, 0.25) is 0 Å². The molecule has 4 rings (SSSR count). The van der Waals surface area contributed by atoms with Crippen LogP contribution in [0.2, 0.25) is 0 Å². The maximum absolute atomic E-state index is 4.47. The Morgan fingerprint density at radius 3 is 2.50 bits per heavy atom. The first kappa shape index (κ1) is 8.19. The predicted octanol–water partition coefficient (Wildman–Crippen LogP) is 3.38. The molecule has 2 spiro atoms. The quantitative estimate of drug-likeness (QED) is 0.555. The molecule has 0 heteroatoms. The summed E-state index contributed by atoms with van der Waals surface area (Å²) in [6, 6.07) is 0. The van der Waals surface area contributed by atoms with Gasteiger partial charge in [-0.3, -0.25) is 0 Å². The van der Waals surface area contributed by atoms with Crippen molar-refractivity contribution in [3.8, 4) is 0 Å². The van der Waals surface area contributed by atoms with Crippen LogP contribution in [0.25, 0.3) is 0 Å². The lowest BCUT2D eigenvalue weighted by atomic mass is 9.31. The Morgan fingerprint density at radius 1 is 1.36 bits per heavy atom. The standard InChI is InChI=1S/C14H21/c1-7(2)11-8(3)14-9(4)13(14)6-5-10(13)12(11)14/h7-12H,4-6H2,1-3H3/q-1. The van der Waals surface area contributed by atoms with E-state index in [0.717, 1.165) is 46.3 Å². The van der Waals surface area contributed by atoms with Crippen molar-refractivity contribution in [2.75, 3.05) is 0 Å². The number of rotatable bonds is 1. The molecule has 78 valence electrons. The van der Waals surface area contributed by atoms with Gasteiger partial charge in [0, 0.05) is 0 Å². The summed E-state index contributed by atoms with van der Waals surface area (Å²) in [5.41, 5.74) is 1.59. The highest BCUT2D eigenvalue weighted by Crippen LogP contribution is 3.02. The first-order chi connectivity index (χ1) is 6.60. The molecule has 0 aromatic rings. The summed E-state index contributed by atoms with van der Waals surface area (Å²) in [5.74, 6) is 6.02. The van der Waals surface area contributed by atoms with Crippen LogP contribution in [0.3, 0.4) is 0 Å². The average molecular weight is 189 g/mol. The first-order valence-electron chi connectivity index (χ1n) is 6.43. The van der Waals surface area contributed by atoms with E-state index in [1.165, 1.54) is 12.8 Å². The van der Waals surface area contributed by atoms with E-state index >= 15 is 0 Å². The molecule has 0 radical (unpaired) electrons. The molecule has 7 atom stereocenters. The second-order valence-electron chi connectivity index (χ2n) is 6.81. The molecule has 14 heavy (non-hydrogen) atoms. The highest BCUT2D eigenvalue weighted by molar-refractivity contribution is 5.46. The lowest BCUT2D eigenvalue weighted by molar-refractivity contribution is -0.256. The summed E-state index contributed by atoms with van der Waals surface area (Å²) in [6.07, 6.45) is 3.06. The Balaban J connectivity index is 1.72. The van der Waals surface area contributed by atoms with Crippen molar-refractivity contribution in [1.29, 1.82) is 0 Å². The fraction of sp³-hybridized carbons (Fsp3) is 0.929. The Labute approximate surface area is 87.5 Å². The summed E-state index contributed by atoms with van der Waals surface area (Å²) < 4.78 is 0. The van der Waals surface area contributed by atoms with Gasteiger partial charge in [-0.1, -0.05) is 20.8 Å². The fourth-order valence-corrected chi connectivity index (χ4v) is 6.70. The van der Waals surface area contributed by atoms with Crippen molar-refractivity contribution in [1.82, 2.24) is 0 Å². The Bertz CT molecular complexity index is 318. The minimum atomic E-state index is 0.783. The van der Waals surface area contributed by atoms with Crippen LogP contribution in [0.4, 0.5) is 0 Å². The van der Waals surface area contributed by atoms with Crippen LogP contribution in [0.15, 0.2) is 0 Å². The van der Waals surface area contributed by atoms with Crippen LogP contribution in [0.1, 0.15) is 33.6 Å². The van der Waals surface area contributed by atoms with Gasteiger partial charge in [-0.2, -0.15) is 5.92 Å². The average Bonchev–Trinajstić information content (AvgIpc) is 2.66. The van der Waals surface area contributed by atoms with E-state index in [0.29, 0.717) is 0 Å². The molecule has 0 bridgehead atoms. The van der Waals surface area contributed by atoms with Crippen molar-refractivity contribution < 1.29 is 0 Å². The third kappa shape index (κ3) is 0.417. The molecule has 4 aliphatic rings. The third-order valence-electron chi connectivity index (χ3n) is 6.95. The Morgan fingerprint density at radius 2 is 2.07 bits per heavy atom. The van der Waals surface area contributed by atoms with Crippen LogP contribution in [-0.4, -0.2) is 0 Å². The molecule has 4 aliphatic carbocycles. The minimum Gasteiger partial charge on any atom is -0.339 e. The lowest BCUT2D eigenvalue weighted by Gasteiger charge is -2.74. The molecule has 0 aliphatic heterocycles. The van der Waals surface area contributed by atoms with Crippen LogP contribution >= 0.6 is 0 Å². The van der Waals surface area contributed by atoms with Gasteiger partial charge in [0.05, 0.1) is 0 Å². The minimum absolute atomic E-state index is 0.783. The summed E-state index contributed by atoms with van der Waals surface area (Å²) in [6.45, 7) is 11.8. The molecule has 0 nitrogen and oxygen atoms in total. The molecule has 4 saturated carbocycles. The Hall–Kier alpha value is 0. The van der Waals surface area contributed by atoms with Gasteiger partial charge in [0.1, 0.15) is 0 Å². The normalized spacial score (nSPS) is 72.2. The lowest BCUT2D eigenvalue weighted by Crippen LogP contribution is -2.68. The van der Waals surface area contributed by atoms with Crippen molar-refractivity contribution >= 4 is 0 Å². The maximum atomic E-state index is 4.47. The summed E-state index contributed by atoms with van der Waals surface area (Å²) >= 11 is 0. The summed E-state index contributed by atoms with van der Waals surface area (Å²) in [5, 5.41) is 0. The number of hydrogen-bond acceptors (Lipinski definition) is 0. The van der Waals surface area contributed by atoms with Crippen LogP contribution in [0.5, 0.6) is 0 Å². The van der Waals surface area contributed by atoms with Gasteiger partial charge in [0.15, 0.2) is 0 Å².